The molecule has 0 fully saturated rings. The van der Waals surface area contributed by atoms with Crippen molar-refractivity contribution in [2.45, 2.75) is 46.3 Å². The third kappa shape index (κ3) is 7.12. The average molecular weight is 771 g/mol. The van der Waals surface area contributed by atoms with Crippen molar-refractivity contribution >= 4 is 11.0 Å². The molecule has 0 saturated carbocycles. The highest BCUT2D eigenvalue weighted by Crippen LogP contribution is 2.42. The number of benzene rings is 7. The number of aromatic hydroxyl groups is 1. The minimum absolute atomic E-state index is 0.000632. The van der Waals surface area contributed by atoms with Gasteiger partial charge in [-0.1, -0.05) is 137 Å². The molecule has 0 saturated heterocycles. The molecule has 4 nitrogen and oxygen atoms in total. The summed E-state index contributed by atoms with van der Waals surface area (Å²) in [6.07, 6.45) is 1.84. The summed E-state index contributed by atoms with van der Waals surface area (Å²) in [6, 6.07) is 54.8. The lowest BCUT2D eigenvalue weighted by Crippen LogP contribution is -2.03. The summed E-state index contributed by atoms with van der Waals surface area (Å²) in [5.74, 6) is -1.71. The number of hydrogen-bond acceptors (Lipinski definition) is 3. The molecule has 0 bridgehead atoms. The first-order valence-corrected chi connectivity index (χ1v) is 19.9. The van der Waals surface area contributed by atoms with Crippen molar-refractivity contribution in [3.8, 4) is 78.6 Å². The van der Waals surface area contributed by atoms with Crippen LogP contribution in [0, 0.1) is 6.85 Å². The summed E-state index contributed by atoms with van der Waals surface area (Å²) in [5.41, 5.74) is 12.4. The fraction of sp³-hybridized carbons (Fsp3) is 0.127. The molecule has 0 aliphatic heterocycles. The van der Waals surface area contributed by atoms with Crippen molar-refractivity contribution in [2.24, 2.45) is 0 Å². The molecular weight excluding hydrogens is 719 g/mol. The summed E-state index contributed by atoms with van der Waals surface area (Å²) in [6.45, 7) is 4.61. The summed E-state index contributed by atoms with van der Waals surface area (Å²) in [5, 5.41) is 11.4. The quantitative estimate of drug-likeness (QED) is 0.159. The number of rotatable bonds is 9. The number of phenolic OH excluding ortho intramolecular Hbond substituents is 1. The molecule has 7 aromatic carbocycles. The Labute approximate surface area is 354 Å². The number of para-hydroxylation sites is 2. The fourth-order valence-electron chi connectivity index (χ4n) is 8.13. The minimum Gasteiger partial charge on any atom is -0.507 e. The van der Waals surface area contributed by atoms with E-state index in [1.807, 2.05) is 102 Å². The monoisotopic (exact) mass is 770 g/mol. The Morgan fingerprint density at radius 3 is 1.86 bits per heavy atom. The predicted molar refractivity (Wildman–Crippen MR) is 246 cm³/mol. The smallest absolute Gasteiger partial charge is 0.149 e. The zero-order valence-corrected chi connectivity index (χ0v) is 33.5. The molecule has 9 aromatic rings. The second-order valence-corrected chi connectivity index (χ2v) is 15.4. The largest absolute Gasteiger partial charge is 0.507 e. The van der Waals surface area contributed by atoms with Crippen molar-refractivity contribution in [3.63, 3.8) is 0 Å². The molecule has 0 aliphatic carbocycles. The fourth-order valence-corrected chi connectivity index (χ4v) is 8.13. The van der Waals surface area contributed by atoms with Gasteiger partial charge in [0.1, 0.15) is 11.6 Å². The van der Waals surface area contributed by atoms with Crippen molar-refractivity contribution in [1.29, 1.82) is 0 Å². The Morgan fingerprint density at radius 1 is 0.542 bits per heavy atom. The van der Waals surface area contributed by atoms with Gasteiger partial charge in [0, 0.05) is 24.2 Å². The Morgan fingerprint density at radius 2 is 1.17 bits per heavy atom. The summed E-state index contributed by atoms with van der Waals surface area (Å²) >= 11 is 0. The van der Waals surface area contributed by atoms with E-state index in [2.05, 4.69) is 48.5 Å². The Bertz CT molecular complexity index is 3150. The highest BCUT2D eigenvalue weighted by molar-refractivity contribution is 5.98. The second-order valence-electron chi connectivity index (χ2n) is 15.4. The third-order valence-corrected chi connectivity index (χ3v) is 11.0. The maximum absolute atomic E-state index is 11.4. The number of aromatic nitrogens is 3. The van der Waals surface area contributed by atoms with Crippen molar-refractivity contribution < 1.29 is 12.0 Å². The number of fused-ring (bicyclic) bond motifs is 1. The third-order valence-electron chi connectivity index (χ3n) is 11.0. The number of phenols is 1. The van der Waals surface area contributed by atoms with Gasteiger partial charge in [-0.15, -0.1) is 0 Å². The van der Waals surface area contributed by atoms with E-state index in [9.17, 15) is 5.11 Å². The number of imidazole rings is 1. The van der Waals surface area contributed by atoms with Gasteiger partial charge in [0.2, 0.25) is 0 Å². The SMILES string of the molecule is [2H]C([2H])([2H])c1cc(-c2c(C([2H])(C)C)cccc2C([2H])(C)C)ccc1-n1c(-c2ccccc2O)nc2c(-c3cc(-c4ccccc4)cc(-c4cc(-c5ccccc5)ccn4)c3)cccc21. The number of hydrogen-bond donors (Lipinski definition) is 1. The summed E-state index contributed by atoms with van der Waals surface area (Å²) in [4.78, 5) is 10.2. The zero-order chi connectivity index (χ0) is 45.0. The molecule has 1 N–H and O–H groups in total. The Balaban J connectivity index is 1.31. The van der Waals surface area contributed by atoms with E-state index >= 15 is 0 Å². The van der Waals surface area contributed by atoms with Crippen LogP contribution in [0.1, 0.15) is 63.0 Å². The maximum atomic E-state index is 11.4. The molecule has 0 unspecified atom stereocenters. The van der Waals surface area contributed by atoms with Gasteiger partial charge < -0.3 is 5.11 Å². The molecule has 2 aromatic heterocycles. The molecule has 4 heteroatoms. The van der Waals surface area contributed by atoms with Crippen LogP contribution in [0.2, 0.25) is 0 Å². The van der Waals surface area contributed by atoms with Crippen LogP contribution >= 0.6 is 0 Å². The van der Waals surface area contributed by atoms with Gasteiger partial charge in [-0.2, -0.15) is 0 Å². The Hall–Kier alpha value is -7.04. The second kappa shape index (κ2) is 15.7. The van der Waals surface area contributed by atoms with Gasteiger partial charge in [-0.25, -0.2) is 4.98 Å². The number of pyridine rings is 1. The minimum atomic E-state index is -2.60. The van der Waals surface area contributed by atoms with E-state index in [4.69, 9.17) is 16.8 Å². The van der Waals surface area contributed by atoms with Crippen LogP contribution in [0.25, 0.3) is 83.9 Å². The maximum Gasteiger partial charge on any atom is 0.149 e. The molecule has 9 rings (SSSR count). The van der Waals surface area contributed by atoms with Crippen LogP contribution in [0.5, 0.6) is 5.75 Å². The molecule has 0 aliphatic rings. The lowest BCUT2D eigenvalue weighted by Gasteiger charge is -2.21. The molecule has 59 heavy (non-hydrogen) atoms. The van der Waals surface area contributed by atoms with Crippen LogP contribution in [0.15, 0.2) is 176 Å². The predicted octanol–water partition coefficient (Wildman–Crippen LogP) is 14.7. The van der Waals surface area contributed by atoms with Crippen LogP contribution in [0.3, 0.4) is 0 Å². The van der Waals surface area contributed by atoms with Crippen molar-refractivity contribution in [2.75, 3.05) is 0 Å². The normalized spacial score (nSPS) is 13.3. The topological polar surface area (TPSA) is 50.9 Å². The van der Waals surface area contributed by atoms with E-state index in [0.29, 0.717) is 50.4 Å². The average Bonchev–Trinajstić information content (AvgIpc) is 3.68. The first-order valence-electron chi connectivity index (χ1n) is 22.4. The lowest BCUT2D eigenvalue weighted by molar-refractivity contribution is 0.477. The van der Waals surface area contributed by atoms with Crippen LogP contribution in [-0.2, 0) is 0 Å². The molecule has 0 amide bonds. The van der Waals surface area contributed by atoms with E-state index in [0.717, 1.165) is 44.6 Å². The van der Waals surface area contributed by atoms with Gasteiger partial charge >= 0.3 is 0 Å². The molecule has 0 spiro atoms. The van der Waals surface area contributed by atoms with Gasteiger partial charge in [-0.3, -0.25) is 9.55 Å². The van der Waals surface area contributed by atoms with Gasteiger partial charge in [0.15, 0.2) is 0 Å². The van der Waals surface area contributed by atoms with Crippen molar-refractivity contribution in [3.05, 3.63) is 193 Å². The highest BCUT2D eigenvalue weighted by Gasteiger charge is 2.23. The first-order chi connectivity index (χ1) is 30.6. The summed E-state index contributed by atoms with van der Waals surface area (Å²) < 4.78 is 46.9. The highest BCUT2D eigenvalue weighted by atomic mass is 16.3. The van der Waals surface area contributed by atoms with Crippen molar-refractivity contribution in [1.82, 2.24) is 14.5 Å². The van der Waals surface area contributed by atoms with Crippen LogP contribution in [0.4, 0.5) is 0 Å². The van der Waals surface area contributed by atoms with E-state index in [1.165, 1.54) is 0 Å². The van der Waals surface area contributed by atoms with Gasteiger partial charge in [-0.05, 0) is 135 Å². The Kier molecular flexibility index (Phi) is 8.52. The van der Waals surface area contributed by atoms with Gasteiger partial charge in [0.25, 0.3) is 0 Å². The molecular formula is C55H47N3O. The molecule has 2 heterocycles. The standard InChI is InChI=1S/C55H47N3O/c1-35(2)45-21-14-22-46(36(3)4)53(45)41-26-27-50(37(5)30-41)58-51-24-15-23-47(54(51)57-55(58)48-20-12-13-25-52(48)59)43-31-42(39-18-10-7-11-19-39)32-44(33-43)49-34-40(28-29-56-49)38-16-8-6-9-17-38/h6-36,59H,1-5H3/i5D3,35D,36D. The first kappa shape index (κ1) is 32.0. The number of aryl methyl sites for hydroxylation is 1. The van der Waals surface area contributed by atoms with E-state index < -0.39 is 18.6 Å². The van der Waals surface area contributed by atoms with Crippen LogP contribution in [-0.4, -0.2) is 19.6 Å². The van der Waals surface area contributed by atoms with E-state index in [1.54, 1.807) is 58.0 Å². The van der Waals surface area contributed by atoms with Gasteiger partial charge in [0.05, 0.1) is 28.0 Å². The molecule has 288 valence electrons. The van der Waals surface area contributed by atoms with E-state index in [-0.39, 0.29) is 11.3 Å². The molecule has 0 radical (unpaired) electrons. The summed E-state index contributed by atoms with van der Waals surface area (Å²) in [7, 11) is 0. The zero-order valence-electron chi connectivity index (χ0n) is 38.5. The number of nitrogens with zero attached hydrogens (tertiary/aromatic N) is 3. The van der Waals surface area contributed by atoms with Crippen LogP contribution < -0.4 is 0 Å². The molecule has 0 atom stereocenters. The lowest BCUT2D eigenvalue weighted by atomic mass is 9.84.